The van der Waals surface area contributed by atoms with Crippen LogP contribution in [0, 0.1) is 0 Å². The molecule has 4 heterocycles. The smallest absolute Gasteiger partial charge is 0.276 e. The van der Waals surface area contributed by atoms with E-state index >= 15 is 0 Å². The number of aromatic amines is 1. The van der Waals surface area contributed by atoms with Crippen molar-refractivity contribution in [3.63, 3.8) is 0 Å². The summed E-state index contributed by atoms with van der Waals surface area (Å²) >= 11 is 6.39. The van der Waals surface area contributed by atoms with Crippen LogP contribution >= 0.6 is 11.6 Å². The lowest BCUT2D eigenvalue weighted by Gasteiger charge is -2.35. The second-order valence-electron chi connectivity index (χ2n) is 6.89. The Bertz CT molecular complexity index is 1130. The number of imidazole rings is 1. The summed E-state index contributed by atoms with van der Waals surface area (Å²) in [7, 11) is 0. The van der Waals surface area contributed by atoms with Gasteiger partial charge >= 0.3 is 0 Å². The summed E-state index contributed by atoms with van der Waals surface area (Å²) in [4.78, 5) is 41.1. The van der Waals surface area contributed by atoms with Crippen LogP contribution in [0.15, 0.2) is 23.5 Å². The topological polar surface area (TPSA) is 118 Å². The molecule has 1 aliphatic carbocycles. The Hall–Kier alpha value is -2.94. The van der Waals surface area contributed by atoms with Gasteiger partial charge in [0.25, 0.3) is 11.5 Å². The van der Waals surface area contributed by atoms with Crippen LogP contribution < -0.4 is 16.2 Å². The lowest BCUT2D eigenvalue weighted by Crippen LogP contribution is -2.48. The normalized spacial score (nSPS) is 17.9. The summed E-state index contributed by atoms with van der Waals surface area (Å²) in [6.07, 6.45) is 7.28. The number of anilines is 2. The summed E-state index contributed by atoms with van der Waals surface area (Å²) in [5.41, 5.74) is 0.544. The predicted molar refractivity (Wildman–Crippen MR) is 99.2 cm³/mol. The van der Waals surface area contributed by atoms with Gasteiger partial charge in [0, 0.05) is 0 Å². The van der Waals surface area contributed by atoms with Gasteiger partial charge in [0.15, 0.2) is 11.5 Å². The number of hydrogen-bond acceptors (Lipinski definition) is 6. The lowest BCUT2D eigenvalue weighted by atomic mass is 9.89. The Balaban J connectivity index is 1.67. The molecule has 0 aromatic carbocycles. The number of nitrogens with zero attached hydrogens (tertiary/aromatic N) is 4. The van der Waals surface area contributed by atoms with Crippen molar-refractivity contribution in [3.8, 4) is 0 Å². The molecule has 3 aromatic heterocycles. The van der Waals surface area contributed by atoms with Crippen molar-refractivity contribution in [3.05, 3.63) is 39.8 Å². The maximum Gasteiger partial charge on any atom is 0.276 e. The standard InChI is InChI=1S/C17H16ClN7O2/c18-9-6-10(23-14-11-13(20-7-19-11)21-8-22-14)16(27)25-12(9)15(26)24-17(25)4-2-1-3-5-17/h6-8H,1-5H2,(H,24,26)(H2,19,20,21,22,23). The molecule has 27 heavy (non-hydrogen) atoms. The van der Waals surface area contributed by atoms with Gasteiger partial charge in [-0.1, -0.05) is 18.0 Å². The van der Waals surface area contributed by atoms with E-state index < -0.39 is 5.66 Å². The van der Waals surface area contributed by atoms with Gasteiger partial charge < -0.3 is 15.6 Å². The molecule has 10 heteroatoms. The number of carbonyl (C=O) groups excluding carboxylic acids is 1. The first kappa shape index (κ1) is 16.2. The van der Waals surface area contributed by atoms with E-state index in [1.54, 1.807) is 0 Å². The molecule has 1 spiro atoms. The summed E-state index contributed by atoms with van der Waals surface area (Å²) in [6, 6.07) is 1.47. The number of H-pyrrole nitrogens is 1. The van der Waals surface area contributed by atoms with E-state index in [1.807, 2.05) is 0 Å². The van der Waals surface area contributed by atoms with Gasteiger partial charge in [-0.05, 0) is 31.7 Å². The fourth-order valence-electron chi connectivity index (χ4n) is 4.09. The molecule has 9 nitrogen and oxygen atoms in total. The third kappa shape index (κ3) is 2.34. The minimum Gasteiger partial charge on any atom is -0.340 e. The fourth-order valence-corrected chi connectivity index (χ4v) is 4.37. The number of nitrogens with one attached hydrogen (secondary N) is 3. The minimum atomic E-state index is -0.696. The molecule has 5 rings (SSSR count). The van der Waals surface area contributed by atoms with Crippen molar-refractivity contribution < 1.29 is 4.79 Å². The second kappa shape index (κ2) is 5.78. The number of amides is 1. The molecule has 138 valence electrons. The van der Waals surface area contributed by atoms with E-state index in [4.69, 9.17) is 11.6 Å². The molecule has 1 fully saturated rings. The molecule has 0 radical (unpaired) electrons. The molecule has 0 bridgehead atoms. The monoisotopic (exact) mass is 385 g/mol. The molecule has 0 saturated heterocycles. The summed E-state index contributed by atoms with van der Waals surface area (Å²) in [6.45, 7) is 0. The molecule has 1 aliphatic heterocycles. The predicted octanol–water partition coefficient (Wildman–Crippen LogP) is 2.27. The number of rotatable bonds is 2. The molecule has 2 aliphatic rings. The van der Waals surface area contributed by atoms with Crippen molar-refractivity contribution in [2.45, 2.75) is 37.8 Å². The Morgan fingerprint density at radius 2 is 1.96 bits per heavy atom. The average Bonchev–Trinajstić information content (AvgIpc) is 3.24. The van der Waals surface area contributed by atoms with Gasteiger partial charge in [0.05, 0.1) is 11.3 Å². The number of pyridine rings is 1. The Morgan fingerprint density at radius 3 is 2.78 bits per heavy atom. The van der Waals surface area contributed by atoms with E-state index in [2.05, 4.69) is 30.6 Å². The van der Waals surface area contributed by atoms with Crippen LogP contribution in [0.25, 0.3) is 11.2 Å². The van der Waals surface area contributed by atoms with Gasteiger partial charge in [-0.3, -0.25) is 14.2 Å². The van der Waals surface area contributed by atoms with E-state index in [0.29, 0.717) is 29.8 Å². The van der Waals surface area contributed by atoms with Crippen molar-refractivity contribution in [1.82, 2.24) is 29.8 Å². The van der Waals surface area contributed by atoms with Crippen LogP contribution in [0.4, 0.5) is 11.5 Å². The maximum atomic E-state index is 13.3. The van der Waals surface area contributed by atoms with E-state index in [9.17, 15) is 9.59 Å². The van der Waals surface area contributed by atoms with Crippen LogP contribution in [0.5, 0.6) is 0 Å². The zero-order valence-corrected chi connectivity index (χ0v) is 15.0. The Morgan fingerprint density at radius 1 is 1.15 bits per heavy atom. The van der Waals surface area contributed by atoms with Crippen LogP contribution in [0.1, 0.15) is 42.6 Å². The van der Waals surface area contributed by atoms with E-state index in [1.165, 1.54) is 23.3 Å². The highest BCUT2D eigenvalue weighted by Crippen LogP contribution is 2.38. The van der Waals surface area contributed by atoms with Crippen molar-refractivity contribution in [2.75, 3.05) is 5.32 Å². The first-order valence-electron chi connectivity index (χ1n) is 8.79. The third-order valence-corrected chi connectivity index (χ3v) is 5.59. The molecule has 0 unspecified atom stereocenters. The van der Waals surface area contributed by atoms with Crippen molar-refractivity contribution in [1.29, 1.82) is 0 Å². The van der Waals surface area contributed by atoms with Gasteiger partial charge in [-0.2, -0.15) is 0 Å². The summed E-state index contributed by atoms with van der Waals surface area (Å²) < 4.78 is 1.53. The number of aromatic nitrogens is 5. The SMILES string of the molecule is O=C1NC2(CCCCC2)n2c1c(Cl)cc(Nc1ncnc3nc[nH]c13)c2=O. The van der Waals surface area contributed by atoms with Crippen molar-refractivity contribution in [2.24, 2.45) is 0 Å². The molecule has 3 N–H and O–H groups in total. The van der Waals surface area contributed by atoms with Crippen molar-refractivity contribution >= 4 is 40.2 Å². The van der Waals surface area contributed by atoms with Crippen LogP contribution in [-0.4, -0.2) is 30.4 Å². The molecule has 3 aromatic rings. The summed E-state index contributed by atoms with van der Waals surface area (Å²) in [5, 5.41) is 6.26. The fraction of sp³-hybridized carbons (Fsp3) is 0.353. The van der Waals surface area contributed by atoms with Crippen LogP contribution in [0.2, 0.25) is 5.02 Å². The highest BCUT2D eigenvalue weighted by atomic mass is 35.5. The number of hydrogen-bond donors (Lipinski definition) is 3. The number of fused-ring (bicyclic) bond motifs is 3. The first-order chi connectivity index (χ1) is 13.1. The van der Waals surface area contributed by atoms with Crippen LogP contribution in [-0.2, 0) is 5.66 Å². The van der Waals surface area contributed by atoms with E-state index in [-0.39, 0.29) is 27.9 Å². The van der Waals surface area contributed by atoms with Gasteiger partial charge in [-0.15, -0.1) is 0 Å². The first-order valence-corrected chi connectivity index (χ1v) is 9.16. The molecule has 1 saturated carbocycles. The van der Waals surface area contributed by atoms with Gasteiger partial charge in [0.2, 0.25) is 0 Å². The number of halogens is 1. The highest BCUT2D eigenvalue weighted by Gasteiger charge is 2.45. The van der Waals surface area contributed by atoms with Crippen LogP contribution in [0.3, 0.4) is 0 Å². The minimum absolute atomic E-state index is 0.225. The third-order valence-electron chi connectivity index (χ3n) is 5.30. The maximum absolute atomic E-state index is 13.3. The molecule has 0 atom stereocenters. The number of carbonyl (C=O) groups is 1. The van der Waals surface area contributed by atoms with Gasteiger partial charge in [0.1, 0.15) is 28.9 Å². The Kier molecular flexibility index (Phi) is 3.48. The quantitative estimate of drug-likeness (QED) is 0.622. The Labute approximate surface area is 158 Å². The zero-order chi connectivity index (χ0) is 18.6. The highest BCUT2D eigenvalue weighted by molar-refractivity contribution is 6.34. The lowest BCUT2D eigenvalue weighted by molar-refractivity contribution is 0.0877. The molecular formula is C17H16ClN7O2. The largest absolute Gasteiger partial charge is 0.340 e. The average molecular weight is 386 g/mol. The second-order valence-corrected chi connectivity index (χ2v) is 7.30. The van der Waals surface area contributed by atoms with E-state index in [0.717, 1.165) is 19.3 Å². The summed E-state index contributed by atoms with van der Waals surface area (Å²) in [5.74, 6) is 0.115. The molecule has 1 amide bonds. The van der Waals surface area contributed by atoms with Gasteiger partial charge in [-0.25, -0.2) is 15.0 Å². The zero-order valence-electron chi connectivity index (χ0n) is 14.3. The molecular weight excluding hydrogens is 370 g/mol.